The Bertz CT molecular complexity index is 967. The molecule has 0 saturated carbocycles. The minimum Gasteiger partial charge on any atom is -0.481 e. The van der Waals surface area contributed by atoms with Gasteiger partial charge in [0.25, 0.3) is 0 Å². The molecule has 0 aliphatic heterocycles. The monoisotopic (exact) mass is 393 g/mol. The highest BCUT2D eigenvalue weighted by Crippen LogP contribution is 2.20. The highest BCUT2D eigenvalue weighted by atomic mass is 16.4. The second kappa shape index (κ2) is 9.14. The molecule has 1 heterocycles. The van der Waals surface area contributed by atoms with Crippen LogP contribution in [0.4, 0.5) is 0 Å². The number of rotatable bonds is 8. The van der Waals surface area contributed by atoms with Gasteiger partial charge in [-0.05, 0) is 29.5 Å². The molecule has 1 amide bonds. The van der Waals surface area contributed by atoms with E-state index >= 15 is 0 Å². The number of benzene rings is 2. The van der Waals surface area contributed by atoms with E-state index in [0.29, 0.717) is 12.3 Å². The first-order valence-electron chi connectivity index (χ1n) is 9.40. The van der Waals surface area contributed by atoms with Gasteiger partial charge < -0.3 is 14.8 Å². The Morgan fingerprint density at radius 2 is 1.69 bits per heavy atom. The lowest BCUT2D eigenvalue weighted by Crippen LogP contribution is -2.38. The van der Waals surface area contributed by atoms with Crippen molar-refractivity contribution in [2.75, 3.05) is 0 Å². The molecule has 0 fully saturated rings. The summed E-state index contributed by atoms with van der Waals surface area (Å²) in [4.78, 5) is 23.7. The van der Waals surface area contributed by atoms with Crippen LogP contribution < -0.4 is 5.32 Å². The highest BCUT2D eigenvalue weighted by molar-refractivity contribution is 5.89. The van der Waals surface area contributed by atoms with Crippen molar-refractivity contribution in [3.05, 3.63) is 71.9 Å². The molecule has 0 aliphatic carbocycles. The largest absolute Gasteiger partial charge is 0.481 e. The molecule has 7 heteroatoms. The van der Waals surface area contributed by atoms with Crippen molar-refractivity contribution in [3.63, 3.8) is 0 Å². The van der Waals surface area contributed by atoms with Crippen molar-refractivity contribution in [1.29, 1.82) is 0 Å². The maximum absolute atomic E-state index is 12.4. The highest BCUT2D eigenvalue weighted by Gasteiger charge is 2.23. The van der Waals surface area contributed by atoms with Gasteiger partial charge in [0.1, 0.15) is 0 Å². The topological polar surface area (TPSA) is 105 Å². The summed E-state index contributed by atoms with van der Waals surface area (Å²) in [7, 11) is 0. The summed E-state index contributed by atoms with van der Waals surface area (Å²) in [5.41, 5.74) is 3.21. The molecule has 150 valence electrons. The van der Waals surface area contributed by atoms with E-state index in [2.05, 4.69) is 15.5 Å². The van der Waals surface area contributed by atoms with Crippen molar-refractivity contribution >= 4 is 11.9 Å². The van der Waals surface area contributed by atoms with E-state index in [0.717, 1.165) is 16.7 Å². The molecule has 2 aromatic carbocycles. The average Bonchev–Trinajstić information content (AvgIpc) is 3.15. The van der Waals surface area contributed by atoms with Crippen LogP contribution in [0.15, 0.2) is 59.0 Å². The van der Waals surface area contributed by atoms with Crippen LogP contribution in [-0.2, 0) is 11.2 Å². The molecular formula is C22H23N3O4. The van der Waals surface area contributed by atoms with Gasteiger partial charge in [-0.1, -0.05) is 61.5 Å². The van der Waals surface area contributed by atoms with Crippen LogP contribution in [0.1, 0.15) is 35.5 Å². The maximum atomic E-state index is 12.4. The molecular weight excluding hydrogens is 370 g/mol. The van der Waals surface area contributed by atoms with Crippen molar-refractivity contribution in [2.45, 2.75) is 32.7 Å². The van der Waals surface area contributed by atoms with Crippen molar-refractivity contribution in [1.82, 2.24) is 15.5 Å². The van der Waals surface area contributed by atoms with Gasteiger partial charge >= 0.3 is 17.8 Å². The first kappa shape index (κ1) is 20.3. The number of carboxylic acid groups (broad SMARTS) is 1. The number of nitrogens with zero attached hydrogens (tertiary/aromatic N) is 2. The fraction of sp³-hybridized carbons (Fsp3) is 0.273. The van der Waals surface area contributed by atoms with Gasteiger partial charge in [-0.25, -0.2) is 0 Å². The molecule has 0 spiro atoms. The Balaban J connectivity index is 1.73. The fourth-order valence-electron chi connectivity index (χ4n) is 3.10. The third kappa shape index (κ3) is 5.51. The third-order valence-electron chi connectivity index (χ3n) is 4.66. The molecule has 29 heavy (non-hydrogen) atoms. The number of nitrogens with one attached hydrogen (secondary N) is 1. The summed E-state index contributed by atoms with van der Waals surface area (Å²) in [5.74, 6) is -1.85. The number of amides is 1. The molecule has 2 atom stereocenters. The van der Waals surface area contributed by atoms with Crippen molar-refractivity contribution in [3.8, 4) is 11.1 Å². The molecule has 0 radical (unpaired) electrons. The summed E-state index contributed by atoms with van der Waals surface area (Å²) in [5, 5.41) is 19.5. The van der Waals surface area contributed by atoms with Crippen LogP contribution in [0.25, 0.3) is 11.1 Å². The van der Waals surface area contributed by atoms with E-state index in [9.17, 15) is 14.7 Å². The van der Waals surface area contributed by atoms with Gasteiger partial charge in [-0.2, -0.15) is 0 Å². The number of aryl methyl sites for hydroxylation is 1. The number of hydrogen-bond donors (Lipinski definition) is 2. The van der Waals surface area contributed by atoms with Crippen LogP contribution in [0.2, 0.25) is 0 Å². The molecule has 0 bridgehead atoms. The predicted molar refractivity (Wildman–Crippen MR) is 107 cm³/mol. The summed E-state index contributed by atoms with van der Waals surface area (Å²) >= 11 is 0. The molecule has 0 aliphatic rings. The molecule has 3 aromatic rings. The number of aliphatic carboxylic acids is 1. The maximum Gasteiger partial charge on any atom is 0.309 e. The third-order valence-corrected chi connectivity index (χ3v) is 4.66. The van der Waals surface area contributed by atoms with Crippen LogP contribution >= 0.6 is 0 Å². The first-order chi connectivity index (χ1) is 13.9. The van der Waals surface area contributed by atoms with Gasteiger partial charge in [0.05, 0.1) is 5.92 Å². The van der Waals surface area contributed by atoms with Gasteiger partial charge in [0.2, 0.25) is 5.89 Å². The first-order valence-corrected chi connectivity index (χ1v) is 9.40. The van der Waals surface area contributed by atoms with E-state index < -0.39 is 17.8 Å². The van der Waals surface area contributed by atoms with Crippen molar-refractivity contribution in [2.24, 2.45) is 5.92 Å². The number of aromatic nitrogens is 2. The van der Waals surface area contributed by atoms with Crippen molar-refractivity contribution < 1.29 is 19.1 Å². The normalized spacial score (nSPS) is 12.9. The molecule has 3 rings (SSSR count). The minimum absolute atomic E-state index is 0.130. The van der Waals surface area contributed by atoms with Gasteiger partial charge in [-0.3, -0.25) is 9.59 Å². The second-order valence-electron chi connectivity index (χ2n) is 7.04. The molecule has 0 unspecified atom stereocenters. The van der Waals surface area contributed by atoms with Crippen LogP contribution in [-0.4, -0.2) is 33.2 Å². The number of carbonyl (C=O) groups is 2. The number of carbonyl (C=O) groups excluding carboxylic acids is 1. The lowest BCUT2D eigenvalue weighted by Gasteiger charge is -2.20. The summed E-state index contributed by atoms with van der Waals surface area (Å²) in [6.07, 6.45) is 0.778. The average molecular weight is 393 g/mol. The fourth-order valence-corrected chi connectivity index (χ4v) is 3.10. The zero-order valence-electron chi connectivity index (χ0n) is 16.3. The number of hydrogen-bond acceptors (Lipinski definition) is 5. The Labute approximate surface area is 168 Å². The Morgan fingerprint density at radius 3 is 2.28 bits per heavy atom. The number of carboxylic acids is 1. The van der Waals surface area contributed by atoms with Crippen LogP contribution in [0, 0.1) is 12.8 Å². The zero-order valence-corrected chi connectivity index (χ0v) is 16.3. The smallest absolute Gasteiger partial charge is 0.309 e. The lowest BCUT2D eigenvalue weighted by atomic mass is 9.95. The summed E-state index contributed by atoms with van der Waals surface area (Å²) in [6, 6.07) is 17.7. The molecule has 2 N–H and O–H groups in total. The summed E-state index contributed by atoms with van der Waals surface area (Å²) < 4.78 is 5.16. The molecule has 1 aromatic heterocycles. The van der Waals surface area contributed by atoms with Crippen LogP contribution in [0.3, 0.4) is 0 Å². The van der Waals surface area contributed by atoms with Gasteiger partial charge in [0, 0.05) is 13.0 Å². The van der Waals surface area contributed by atoms with E-state index in [1.165, 1.54) is 0 Å². The Kier molecular flexibility index (Phi) is 6.39. The quantitative estimate of drug-likeness (QED) is 0.607. The molecule has 0 saturated heterocycles. The summed E-state index contributed by atoms with van der Waals surface area (Å²) in [6.45, 7) is 3.22. The SMILES string of the molecule is Cc1nnc(C(=O)N[C@H](Cc2ccc(-c3ccccc3)cc2)C[C@@H](C)C(=O)O)o1. The lowest BCUT2D eigenvalue weighted by molar-refractivity contribution is -0.141. The standard InChI is InChI=1S/C22H23N3O4/c1-14(22(27)28)12-19(23-20(26)21-25-24-15(2)29-21)13-16-8-10-18(11-9-16)17-6-4-3-5-7-17/h3-11,14,19H,12-13H2,1-2H3,(H,23,26)(H,27,28)/t14-,19+/m1/s1. The van der Waals surface area contributed by atoms with E-state index in [1.54, 1.807) is 13.8 Å². The Morgan fingerprint density at radius 1 is 1.03 bits per heavy atom. The van der Waals surface area contributed by atoms with E-state index in [-0.39, 0.29) is 18.4 Å². The van der Waals surface area contributed by atoms with Gasteiger partial charge in [0.15, 0.2) is 0 Å². The Hall–Kier alpha value is -3.48. The second-order valence-corrected chi connectivity index (χ2v) is 7.04. The van der Waals surface area contributed by atoms with Gasteiger partial charge in [-0.15, -0.1) is 10.2 Å². The minimum atomic E-state index is -0.905. The van der Waals surface area contributed by atoms with Crippen LogP contribution in [0.5, 0.6) is 0 Å². The van der Waals surface area contributed by atoms with E-state index in [1.807, 2.05) is 54.6 Å². The molecule has 7 nitrogen and oxygen atoms in total. The zero-order chi connectivity index (χ0) is 20.8. The van der Waals surface area contributed by atoms with E-state index in [4.69, 9.17) is 4.42 Å². The predicted octanol–water partition coefficient (Wildman–Crippen LogP) is 3.50.